The molecule has 4 nitrogen and oxygen atoms in total. The minimum absolute atomic E-state index is 0.286. The van der Waals surface area contributed by atoms with Crippen LogP contribution in [0.2, 0.25) is 0 Å². The fourth-order valence-corrected chi connectivity index (χ4v) is 1.32. The molecule has 0 bridgehead atoms. The summed E-state index contributed by atoms with van der Waals surface area (Å²) in [6, 6.07) is 5.13. The van der Waals surface area contributed by atoms with Crippen LogP contribution in [-0.4, -0.2) is 19.1 Å². The van der Waals surface area contributed by atoms with Crippen molar-refractivity contribution in [1.82, 2.24) is 0 Å². The predicted molar refractivity (Wildman–Crippen MR) is 60.7 cm³/mol. The topological polar surface area (TPSA) is 64.3 Å². The van der Waals surface area contributed by atoms with E-state index >= 15 is 0 Å². The third-order valence-corrected chi connectivity index (χ3v) is 2.18. The summed E-state index contributed by atoms with van der Waals surface area (Å²) in [5.41, 5.74) is 8.23. The van der Waals surface area contributed by atoms with Crippen LogP contribution in [0.25, 0.3) is 0 Å². The normalized spacial score (nSPS) is 11.9. The lowest BCUT2D eigenvalue weighted by atomic mass is 10.1. The van der Waals surface area contributed by atoms with Gasteiger partial charge in [-0.3, -0.25) is 0 Å². The first-order valence-corrected chi connectivity index (χ1v) is 4.75. The van der Waals surface area contributed by atoms with E-state index in [2.05, 4.69) is 10.1 Å². The highest BCUT2D eigenvalue weighted by molar-refractivity contribution is 5.79. The van der Waals surface area contributed by atoms with Crippen LogP contribution < -0.4 is 11.1 Å². The Morgan fingerprint density at radius 2 is 2.20 bits per heavy atom. The van der Waals surface area contributed by atoms with E-state index in [0.717, 1.165) is 11.3 Å². The molecule has 0 radical (unpaired) electrons. The summed E-state index contributed by atoms with van der Waals surface area (Å²) in [6.07, 6.45) is 0. The summed E-state index contributed by atoms with van der Waals surface area (Å²) < 4.78 is 4.62. The average molecular weight is 208 g/mol. The number of benzene rings is 1. The van der Waals surface area contributed by atoms with Gasteiger partial charge in [-0.2, -0.15) is 0 Å². The number of rotatable bonds is 3. The van der Waals surface area contributed by atoms with Crippen molar-refractivity contribution >= 4 is 17.3 Å². The van der Waals surface area contributed by atoms with Crippen molar-refractivity contribution in [2.45, 2.75) is 19.9 Å². The lowest BCUT2D eigenvalue weighted by Gasteiger charge is -2.15. The Balaban J connectivity index is 2.76. The van der Waals surface area contributed by atoms with E-state index < -0.39 is 0 Å². The molecule has 1 unspecified atom stereocenters. The zero-order chi connectivity index (χ0) is 11.4. The molecular formula is C11H16N2O2. The second-order valence-electron chi connectivity index (χ2n) is 3.46. The second-order valence-corrected chi connectivity index (χ2v) is 3.46. The van der Waals surface area contributed by atoms with Crippen LogP contribution in [-0.2, 0) is 9.53 Å². The molecule has 0 heterocycles. The molecule has 0 aromatic heterocycles. The second kappa shape index (κ2) is 4.68. The van der Waals surface area contributed by atoms with Crippen LogP contribution in [0.4, 0.5) is 11.4 Å². The van der Waals surface area contributed by atoms with E-state index in [4.69, 9.17) is 5.73 Å². The van der Waals surface area contributed by atoms with Gasteiger partial charge in [0, 0.05) is 11.4 Å². The molecule has 15 heavy (non-hydrogen) atoms. The summed E-state index contributed by atoms with van der Waals surface area (Å²) >= 11 is 0. The summed E-state index contributed by atoms with van der Waals surface area (Å²) in [6.45, 7) is 3.68. The molecule has 1 aromatic carbocycles. The van der Waals surface area contributed by atoms with E-state index in [1.54, 1.807) is 13.0 Å². The van der Waals surface area contributed by atoms with Gasteiger partial charge < -0.3 is 15.8 Å². The van der Waals surface area contributed by atoms with Gasteiger partial charge in [0.05, 0.1) is 7.11 Å². The molecule has 1 atom stereocenters. The van der Waals surface area contributed by atoms with Crippen LogP contribution in [0.3, 0.4) is 0 Å². The Morgan fingerprint density at radius 1 is 1.53 bits per heavy atom. The maximum absolute atomic E-state index is 11.2. The lowest BCUT2D eigenvalue weighted by Crippen LogP contribution is -2.27. The van der Waals surface area contributed by atoms with Crippen molar-refractivity contribution in [1.29, 1.82) is 0 Å². The number of ether oxygens (including phenoxy) is 1. The number of nitrogens with one attached hydrogen (secondary N) is 1. The van der Waals surface area contributed by atoms with E-state index in [9.17, 15) is 4.79 Å². The van der Waals surface area contributed by atoms with Crippen LogP contribution in [0.5, 0.6) is 0 Å². The maximum atomic E-state index is 11.2. The molecule has 0 saturated carbocycles. The van der Waals surface area contributed by atoms with Gasteiger partial charge >= 0.3 is 5.97 Å². The number of aryl methyl sites for hydroxylation is 1. The Morgan fingerprint density at radius 3 is 2.73 bits per heavy atom. The van der Waals surface area contributed by atoms with Crippen molar-refractivity contribution in [3.63, 3.8) is 0 Å². The van der Waals surface area contributed by atoms with Gasteiger partial charge in [0.1, 0.15) is 6.04 Å². The molecule has 0 fully saturated rings. The number of nitrogens with two attached hydrogens (primary N) is 1. The van der Waals surface area contributed by atoms with E-state index in [1.165, 1.54) is 7.11 Å². The van der Waals surface area contributed by atoms with Gasteiger partial charge in [-0.25, -0.2) is 4.79 Å². The standard InChI is InChI=1S/C11H16N2O2/c1-7-6-9(12)4-5-10(7)13-8(2)11(14)15-3/h4-6,8,13H,12H2,1-3H3. The molecule has 3 N–H and O–H groups in total. The Bertz CT molecular complexity index is 364. The first kappa shape index (κ1) is 11.4. The summed E-state index contributed by atoms with van der Waals surface area (Å²) in [5, 5.41) is 3.06. The minimum atomic E-state index is -0.364. The number of nitrogen functional groups attached to an aromatic ring is 1. The SMILES string of the molecule is COC(=O)C(C)Nc1ccc(N)cc1C. The Kier molecular flexibility index (Phi) is 3.55. The number of hydrogen-bond donors (Lipinski definition) is 2. The fourth-order valence-electron chi connectivity index (χ4n) is 1.32. The number of anilines is 2. The van der Waals surface area contributed by atoms with Crippen molar-refractivity contribution in [2.75, 3.05) is 18.2 Å². The van der Waals surface area contributed by atoms with Crippen LogP contribution in [0.15, 0.2) is 18.2 Å². The molecule has 82 valence electrons. The van der Waals surface area contributed by atoms with Gasteiger partial charge in [-0.15, -0.1) is 0 Å². The summed E-state index contributed by atoms with van der Waals surface area (Å²) in [4.78, 5) is 11.2. The first-order chi connectivity index (χ1) is 7.04. The molecule has 1 aromatic rings. The number of carbonyl (C=O) groups excluding carboxylic acids is 1. The highest BCUT2D eigenvalue weighted by atomic mass is 16.5. The fraction of sp³-hybridized carbons (Fsp3) is 0.364. The average Bonchev–Trinajstić information content (AvgIpc) is 2.20. The quantitative estimate of drug-likeness (QED) is 0.584. The van der Waals surface area contributed by atoms with Crippen molar-refractivity contribution < 1.29 is 9.53 Å². The first-order valence-electron chi connectivity index (χ1n) is 4.75. The third kappa shape index (κ3) is 2.87. The summed E-state index contributed by atoms with van der Waals surface area (Å²) in [5.74, 6) is -0.286. The van der Waals surface area contributed by atoms with Gasteiger partial charge in [-0.05, 0) is 37.6 Å². The molecule has 0 aliphatic rings. The van der Waals surface area contributed by atoms with Crippen LogP contribution >= 0.6 is 0 Å². The molecule has 1 rings (SSSR count). The Hall–Kier alpha value is -1.71. The lowest BCUT2D eigenvalue weighted by molar-refractivity contribution is -0.141. The molecular weight excluding hydrogens is 192 g/mol. The van der Waals surface area contributed by atoms with E-state index in [1.807, 2.05) is 19.1 Å². The number of methoxy groups -OCH3 is 1. The maximum Gasteiger partial charge on any atom is 0.327 e. The molecule has 0 spiro atoms. The van der Waals surface area contributed by atoms with Crippen molar-refractivity contribution in [3.05, 3.63) is 23.8 Å². The van der Waals surface area contributed by atoms with E-state index in [-0.39, 0.29) is 12.0 Å². The molecule has 0 saturated heterocycles. The molecule has 0 aliphatic carbocycles. The van der Waals surface area contributed by atoms with Crippen LogP contribution in [0.1, 0.15) is 12.5 Å². The number of carbonyl (C=O) groups is 1. The minimum Gasteiger partial charge on any atom is -0.467 e. The largest absolute Gasteiger partial charge is 0.467 e. The van der Waals surface area contributed by atoms with Gasteiger partial charge in [0.25, 0.3) is 0 Å². The highest BCUT2D eigenvalue weighted by Gasteiger charge is 2.13. The smallest absolute Gasteiger partial charge is 0.327 e. The predicted octanol–water partition coefficient (Wildman–Crippen LogP) is 1.55. The highest BCUT2D eigenvalue weighted by Crippen LogP contribution is 2.18. The number of esters is 1. The van der Waals surface area contributed by atoms with E-state index in [0.29, 0.717) is 5.69 Å². The third-order valence-electron chi connectivity index (χ3n) is 2.18. The summed E-state index contributed by atoms with van der Waals surface area (Å²) in [7, 11) is 1.37. The van der Waals surface area contributed by atoms with Crippen LogP contribution in [0, 0.1) is 6.92 Å². The molecule has 4 heteroatoms. The van der Waals surface area contributed by atoms with Gasteiger partial charge in [-0.1, -0.05) is 0 Å². The van der Waals surface area contributed by atoms with Crippen molar-refractivity contribution in [3.8, 4) is 0 Å². The zero-order valence-electron chi connectivity index (χ0n) is 9.20. The van der Waals surface area contributed by atoms with Gasteiger partial charge in [0.15, 0.2) is 0 Å². The zero-order valence-corrected chi connectivity index (χ0v) is 9.20. The van der Waals surface area contributed by atoms with Gasteiger partial charge in [0.2, 0.25) is 0 Å². The monoisotopic (exact) mass is 208 g/mol. The Labute approximate surface area is 89.4 Å². The molecule has 0 amide bonds. The molecule has 0 aliphatic heterocycles. The van der Waals surface area contributed by atoms with Crippen molar-refractivity contribution in [2.24, 2.45) is 0 Å². The number of hydrogen-bond acceptors (Lipinski definition) is 4.